The molecule has 0 fully saturated rings. The molecule has 0 saturated heterocycles. The van der Waals surface area contributed by atoms with E-state index in [4.69, 9.17) is 0 Å². The van der Waals surface area contributed by atoms with Gasteiger partial charge in [-0.1, -0.05) is 0 Å². The normalized spacial score (nSPS) is 0. The van der Waals surface area contributed by atoms with E-state index in [0.29, 0.717) is 0 Å². The maximum atomic E-state index is 0. The van der Waals surface area contributed by atoms with Crippen LogP contribution < -0.4 is 0 Å². The van der Waals surface area contributed by atoms with E-state index < -0.39 is 0 Å². The molecule has 4 heavy (non-hydrogen) atoms. The first-order chi connectivity index (χ1) is 0. The molecule has 0 saturated carbocycles. The number of rotatable bonds is 0. The van der Waals surface area contributed by atoms with Gasteiger partial charge in [-0.05, 0) is 0 Å². The Morgan fingerprint density at radius 2 is 1.00 bits per heavy atom. The molecule has 0 aliphatic rings. The summed E-state index contributed by atoms with van der Waals surface area (Å²) in [6.45, 7) is 0. The molecule has 0 rings (SSSR count). The van der Waals surface area contributed by atoms with Gasteiger partial charge in [-0.15, -0.1) is 0 Å². The Bertz CT molecular complexity index is 8.00. The van der Waals surface area contributed by atoms with Crippen molar-refractivity contribution in [2.24, 2.45) is 0 Å². The Hall–Kier alpha value is 1.90. The van der Waals surface area contributed by atoms with Crippen LogP contribution in [0, 0.1) is 0 Å². The fourth-order valence-corrected chi connectivity index (χ4v) is 0. The van der Waals surface area contributed by atoms with Gasteiger partial charge in [0.25, 0.3) is 0 Å². The molecule has 0 nitrogen and oxygen atoms in total. The van der Waals surface area contributed by atoms with Gasteiger partial charge in [-0.25, -0.2) is 0 Å². The van der Waals surface area contributed by atoms with Crippen LogP contribution in [-0.4, -0.2) is 35.9 Å². The third-order valence-electron chi connectivity index (χ3n) is 0. The zero-order valence-electron chi connectivity index (χ0n) is 2.62. The van der Waals surface area contributed by atoms with E-state index in [9.17, 15) is 0 Å². The Morgan fingerprint density at radius 3 is 1.00 bits per heavy atom. The van der Waals surface area contributed by atoms with E-state index in [-0.39, 0.29) is 59.3 Å². The van der Waals surface area contributed by atoms with Crippen LogP contribution >= 0.6 is 23.4 Å². The maximum Gasteiger partial charge on any atom is 0 e. The molecule has 0 amide bonds. The molecule has 0 bridgehead atoms. The van der Waals surface area contributed by atoms with Gasteiger partial charge in [0.2, 0.25) is 0 Å². The second-order valence-electron chi connectivity index (χ2n) is 0. The first-order valence-electron chi connectivity index (χ1n) is 0. The Labute approximate surface area is 59.2 Å². The Kier molecular flexibility index (Phi) is 203. The van der Waals surface area contributed by atoms with Crippen LogP contribution in [0.1, 0.15) is 0 Å². The van der Waals surface area contributed by atoms with E-state index in [1.165, 1.54) is 0 Å². The van der Waals surface area contributed by atoms with Gasteiger partial charge in [-0.2, -0.15) is 23.4 Å². The monoisotopic (exact) mass is 155 g/mol. The van der Waals surface area contributed by atoms with Gasteiger partial charge in [-0.3, -0.25) is 0 Å². The molecule has 4 heteroatoms. The Morgan fingerprint density at radius 1 is 1.00 bits per heavy atom. The SMILES string of the molecule is P.S.[Li].[Se]. The van der Waals surface area contributed by atoms with Crippen molar-refractivity contribution in [3.8, 4) is 0 Å². The van der Waals surface area contributed by atoms with Gasteiger partial charge in [0.05, 0.1) is 0 Å². The van der Waals surface area contributed by atoms with Crippen LogP contribution in [0.2, 0.25) is 0 Å². The van der Waals surface area contributed by atoms with E-state index in [1.807, 2.05) is 0 Å². The minimum absolute atomic E-state index is 0. The molecule has 23 valence electrons. The standard InChI is InChI=1S/Li.H3P.H2S.Se/h;1H3;1H2;. The van der Waals surface area contributed by atoms with Crippen LogP contribution in [0.5, 0.6) is 0 Å². The first kappa shape index (κ1) is 39.3. The van der Waals surface area contributed by atoms with Crippen LogP contribution in [-0.2, 0) is 0 Å². The summed E-state index contributed by atoms with van der Waals surface area (Å²) in [4.78, 5) is 0. The van der Waals surface area contributed by atoms with E-state index in [2.05, 4.69) is 0 Å². The molecule has 3 radical (unpaired) electrons. The molecular weight excluding hydrogens is 149 g/mol. The summed E-state index contributed by atoms with van der Waals surface area (Å²) in [6.07, 6.45) is 0. The largest absolute Gasteiger partial charge is 0.197 e. The van der Waals surface area contributed by atoms with Crippen molar-refractivity contribution < 1.29 is 0 Å². The molecule has 0 N–H and O–H groups in total. The van der Waals surface area contributed by atoms with Gasteiger partial charge < -0.3 is 0 Å². The predicted molar refractivity (Wildman–Crippen MR) is 33.0 cm³/mol. The summed E-state index contributed by atoms with van der Waals surface area (Å²) < 4.78 is 0. The van der Waals surface area contributed by atoms with Crippen molar-refractivity contribution >= 4 is 59.3 Å². The Balaban J connectivity index is 0. The number of hydrogen-bond donors (Lipinski definition) is 0. The molecule has 0 spiro atoms. The van der Waals surface area contributed by atoms with E-state index >= 15 is 0 Å². The molecule has 0 aromatic carbocycles. The third kappa shape index (κ3) is 9.09. The topological polar surface area (TPSA) is 0 Å². The average Bonchev–Trinajstić information content (AvgIpc) is 0. The first-order valence-corrected chi connectivity index (χ1v) is 0. The molecule has 1 atom stereocenters. The summed E-state index contributed by atoms with van der Waals surface area (Å²) in [5.41, 5.74) is 0. The van der Waals surface area contributed by atoms with Crippen LogP contribution in [0.3, 0.4) is 0 Å². The molecular formula is H5LiPSSe. The minimum atomic E-state index is 0. The summed E-state index contributed by atoms with van der Waals surface area (Å²) in [5.74, 6) is 0. The average molecular weight is 154 g/mol. The quantitative estimate of drug-likeness (QED) is 0.323. The second kappa shape index (κ2) is 20.7. The third-order valence-corrected chi connectivity index (χ3v) is 0. The fourth-order valence-electron chi connectivity index (χ4n) is 0. The van der Waals surface area contributed by atoms with Crippen molar-refractivity contribution in [3.63, 3.8) is 0 Å². The molecule has 0 heterocycles. The summed E-state index contributed by atoms with van der Waals surface area (Å²) in [5, 5.41) is 0. The zero-order valence-corrected chi connectivity index (χ0v) is 6.74. The maximum absolute atomic E-state index is 0. The van der Waals surface area contributed by atoms with Gasteiger partial charge in [0, 0.05) is 35.9 Å². The van der Waals surface area contributed by atoms with Crippen LogP contribution in [0.15, 0.2) is 0 Å². The van der Waals surface area contributed by atoms with Crippen LogP contribution in [0.4, 0.5) is 0 Å². The molecule has 1 unspecified atom stereocenters. The number of hydrogen-bond acceptors (Lipinski definition) is 0. The van der Waals surface area contributed by atoms with E-state index in [1.54, 1.807) is 0 Å². The smallest absolute Gasteiger partial charge is 0 e. The second-order valence-corrected chi connectivity index (χ2v) is 0. The molecule has 0 aromatic heterocycles. The van der Waals surface area contributed by atoms with Crippen molar-refractivity contribution in [2.75, 3.05) is 0 Å². The molecule has 0 aliphatic carbocycles. The van der Waals surface area contributed by atoms with Crippen molar-refractivity contribution in [1.82, 2.24) is 0 Å². The fraction of sp³-hybridized carbons (Fsp3) is 0. The van der Waals surface area contributed by atoms with Gasteiger partial charge in [0.1, 0.15) is 0 Å². The summed E-state index contributed by atoms with van der Waals surface area (Å²) in [7, 11) is 0. The van der Waals surface area contributed by atoms with Crippen LogP contribution in [0.25, 0.3) is 0 Å². The molecule has 0 aromatic rings. The van der Waals surface area contributed by atoms with E-state index in [0.717, 1.165) is 0 Å². The predicted octanol–water partition coefficient (Wildman–Crippen LogP) is -0.591. The zero-order chi connectivity index (χ0) is 0. The van der Waals surface area contributed by atoms with Crippen molar-refractivity contribution in [2.45, 2.75) is 0 Å². The van der Waals surface area contributed by atoms with Crippen molar-refractivity contribution in [3.05, 3.63) is 0 Å². The molecule has 0 aliphatic heterocycles. The summed E-state index contributed by atoms with van der Waals surface area (Å²) in [6, 6.07) is 0. The van der Waals surface area contributed by atoms with Crippen molar-refractivity contribution in [1.29, 1.82) is 0 Å². The summed E-state index contributed by atoms with van der Waals surface area (Å²) >= 11 is 0. The van der Waals surface area contributed by atoms with Gasteiger partial charge in [0.15, 0.2) is 0 Å². The van der Waals surface area contributed by atoms with Gasteiger partial charge >= 0.3 is 0 Å². The minimum Gasteiger partial charge on any atom is -0.197 e.